The van der Waals surface area contributed by atoms with Gasteiger partial charge in [0.05, 0.1) is 29.0 Å². The number of nitrogens with two attached hydrogens (primary N) is 1. The predicted octanol–water partition coefficient (Wildman–Crippen LogP) is 6.75. The van der Waals surface area contributed by atoms with E-state index in [1.54, 1.807) is 0 Å². The number of amides is 1. The molecule has 4 nitrogen and oxygen atoms in total. The number of fused-ring (bicyclic) bond motifs is 1. The maximum atomic E-state index is 15.2. The van der Waals surface area contributed by atoms with Gasteiger partial charge in [0.15, 0.2) is 0 Å². The monoisotopic (exact) mass is 516 g/mol. The Morgan fingerprint density at radius 2 is 1.61 bits per heavy atom. The Morgan fingerprint density at radius 3 is 2.25 bits per heavy atom. The van der Waals surface area contributed by atoms with Gasteiger partial charge >= 0.3 is 12.4 Å². The number of benzene rings is 3. The van der Waals surface area contributed by atoms with E-state index in [1.165, 1.54) is 0 Å². The fraction of sp³-hybridized carbons (Fsp3) is 0.208. The number of hydrogen-bond acceptors (Lipinski definition) is 3. The highest BCUT2D eigenvalue weighted by molar-refractivity contribution is 6.06. The summed E-state index contributed by atoms with van der Waals surface area (Å²) in [5.74, 6) is -5.08. The highest BCUT2D eigenvalue weighted by atomic mass is 19.4. The van der Waals surface area contributed by atoms with Gasteiger partial charge in [0, 0.05) is 17.2 Å². The van der Waals surface area contributed by atoms with Gasteiger partial charge in [-0.25, -0.2) is 8.78 Å². The van der Waals surface area contributed by atoms with E-state index in [0.29, 0.717) is 6.07 Å². The van der Waals surface area contributed by atoms with Gasteiger partial charge in [-0.3, -0.25) is 4.79 Å². The maximum absolute atomic E-state index is 15.2. The molecule has 4 rings (SSSR count). The second-order valence-corrected chi connectivity index (χ2v) is 8.02. The van der Waals surface area contributed by atoms with E-state index in [-0.39, 0.29) is 41.3 Å². The summed E-state index contributed by atoms with van der Waals surface area (Å²) >= 11 is 0. The summed E-state index contributed by atoms with van der Waals surface area (Å²) in [6.07, 6.45) is -9.76. The molecule has 1 amide bonds. The van der Waals surface area contributed by atoms with Gasteiger partial charge in [-0.05, 0) is 48.4 Å². The van der Waals surface area contributed by atoms with E-state index >= 15 is 4.39 Å². The summed E-state index contributed by atoms with van der Waals surface area (Å²) in [5, 5.41) is 2.21. The smallest absolute Gasteiger partial charge is 0.419 e. The Hall–Kier alpha value is -3.83. The van der Waals surface area contributed by atoms with E-state index in [2.05, 4.69) is 5.32 Å². The zero-order chi connectivity index (χ0) is 26.4. The zero-order valence-electron chi connectivity index (χ0n) is 18.0. The molecule has 1 aliphatic rings. The second-order valence-electron chi connectivity index (χ2n) is 8.02. The third-order valence-corrected chi connectivity index (χ3v) is 5.72. The molecule has 12 heteroatoms. The third kappa shape index (κ3) is 4.79. The van der Waals surface area contributed by atoms with Gasteiger partial charge in [0.1, 0.15) is 17.4 Å². The number of hydrogen-bond donors (Lipinski definition) is 2. The first kappa shape index (κ1) is 25.3. The van der Waals surface area contributed by atoms with Crippen molar-refractivity contribution in [1.82, 2.24) is 0 Å². The molecule has 190 valence electrons. The van der Waals surface area contributed by atoms with Crippen molar-refractivity contribution >= 4 is 17.3 Å². The lowest BCUT2D eigenvalue weighted by Gasteiger charge is -2.29. The van der Waals surface area contributed by atoms with Gasteiger partial charge in [-0.2, -0.15) is 26.3 Å². The standard InChI is InChI=1S/C24H16F8N2O2/c25-17-6-2-12(10-18(17)33)34-22(35)20-15(4-5-16(21(20)26)24(30,31)32)13-7-8-36-19-9-11(23(27,28)29)1-3-14(13)19/h1-6,9-10,13H,7-8,33H2,(H,34,35). The van der Waals surface area contributed by atoms with E-state index in [4.69, 9.17) is 10.5 Å². The van der Waals surface area contributed by atoms with E-state index in [0.717, 1.165) is 42.5 Å². The van der Waals surface area contributed by atoms with E-state index in [9.17, 15) is 35.5 Å². The normalized spacial score (nSPS) is 15.7. The molecule has 0 bridgehead atoms. The molecule has 3 N–H and O–H groups in total. The predicted molar refractivity (Wildman–Crippen MR) is 114 cm³/mol. The maximum Gasteiger partial charge on any atom is 0.419 e. The molecule has 1 heterocycles. The number of alkyl halides is 6. The van der Waals surface area contributed by atoms with Crippen LogP contribution in [0, 0.1) is 11.6 Å². The van der Waals surface area contributed by atoms with Crippen LogP contribution in [0.3, 0.4) is 0 Å². The van der Waals surface area contributed by atoms with Crippen LogP contribution < -0.4 is 15.8 Å². The average molecular weight is 516 g/mol. The van der Waals surface area contributed by atoms with Crippen molar-refractivity contribution in [1.29, 1.82) is 0 Å². The van der Waals surface area contributed by atoms with Crippen LogP contribution in [0.4, 0.5) is 46.5 Å². The zero-order valence-corrected chi connectivity index (χ0v) is 18.0. The minimum atomic E-state index is -5.13. The van der Waals surface area contributed by atoms with Crippen LogP contribution in [0.1, 0.15) is 45.0 Å². The Morgan fingerprint density at radius 1 is 0.917 bits per heavy atom. The topological polar surface area (TPSA) is 64.3 Å². The number of ether oxygens (including phenoxy) is 1. The van der Waals surface area contributed by atoms with Crippen molar-refractivity contribution in [3.63, 3.8) is 0 Å². The Kier molecular flexibility index (Phi) is 6.31. The molecule has 0 aromatic heterocycles. The molecule has 0 fully saturated rings. The van der Waals surface area contributed by atoms with Gasteiger partial charge in [-0.1, -0.05) is 12.1 Å². The lowest BCUT2D eigenvalue weighted by Crippen LogP contribution is -2.24. The number of carbonyl (C=O) groups is 1. The summed E-state index contributed by atoms with van der Waals surface area (Å²) in [5.41, 5.74) is 1.28. The number of carbonyl (C=O) groups excluding carboxylic acids is 1. The van der Waals surface area contributed by atoms with Gasteiger partial charge in [-0.15, -0.1) is 0 Å². The van der Waals surface area contributed by atoms with Gasteiger partial charge in [0.25, 0.3) is 5.91 Å². The summed E-state index contributed by atoms with van der Waals surface area (Å²) in [6.45, 7) is -0.128. The fourth-order valence-corrected chi connectivity index (χ4v) is 4.04. The quantitative estimate of drug-likeness (QED) is 0.299. The molecular formula is C24H16F8N2O2. The minimum Gasteiger partial charge on any atom is -0.493 e. The first-order chi connectivity index (χ1) is 16.8. The highest BCUT2D eigenvalue weighted by Crippen LogP contribution is 2.44. The molecule has 0 saturated heterocycles. The third-order valence-electron chi connectivity index (χ3n) is 5.72. The van der Waals surface area contributed by atoms with Gasteiger partial charge < -0.3 is 15.8 Å². The van der Waals surface area contributed by atoms with Crippen LogP contribution in [0.25, 0.3) is 0 Å². The molecule has 36 heavy (non-hydrogen) atoms. The van der Waals surface area contributed by atoms with Crippen molar-refractivity contribution < 1.29 is 44.7 Å². The molecule has 3 aromatic rings. The summed E-state index contributed by atoms with van der Waals surface area (Å²) in [6, 6.07) is 6.96. The molecule has 3 aromatic carbocycles. The first-order valence-electron chi connectivity index (χ1n) is 10.4. The van der Waals surface area contributed by atoms with Crippen LogP contribution in [0.15, 0.2) is 48.5 Å². The lowest BCUT2D eigenvalue weighted by atomic mass is 9.82. The molecule has 0 radical (unpaired) electrons. The van der Waals surface area contributed by atoms with Crippen LogP contribution in [0.2, 0.25) is 0 Å². The molecule has 0 aliphatic carbocycles. The molecule has 0 spiro atoms. The number of rotatable bonds is 3. The Bertz CT molecular complexity index is 1330. The van der Waals surface area contributed by atoms with Crippen molar-refractivity contribution in [3.05, 3.63) is 88.0 Å². The SMILES string of the molecule is Nc1cc(NC(=O)c2c(C3CCOc4cc(C(F)(F)F)ccc43)ccc(C(F)(F)F)c2F)ccc1F. The molecule has 1 unspecified atom stereocenters. The van der Waals surface area contributed by atoms with Crippen molar-refractivity contribution in [2.75, 3.05) is 17.7 Å². The summed E-state index contributed by atoms with van der Waals surface area (Å²) < 4.78 is 114. The van der Waals surface area contributed by atoms with Gasteiger partial charge in [0.2, 0.25) is 0 Å². The largest absolute Gasteiger partial charge is 0.493 e. The molecule has 0 saturated carbocycles. The van der Waals surface area contributed by atoms with Crippen molar-refractivity contribution in [3.8, 4) is 5.75 Å². The van der Waals surface area contributed by atoms with E-state index in [1.807, 2.05) is 0 Å². The Labute approximate surface area is 198 Å². The van der Waals surface area contributed by atoms with Crippen LogP contribution in [-0.4, -0.2) is 12.5 Å². The van der Waals surface area contributed by atoms with Crippen LogP contribution in [0.5, 0.6) is 5.75 Å². The van der Waals surface area contributed by atoms with Crippen LogP contribution in [-0.2, 0) is 12.4 Å². The number of halogens is 8. The minimum absolute atomic E-state index is 0.0486. The number of nitrogens with one attached hydrogen (secondary N) is 1. The second kappa shape index (κ2) is 8.99. The summed E-state index contributed by atoms with van der Waals surface area (Å²) in [4.78, 5) is 13.0. The molecule has 1 aliphatic heterocycles. The first-order valence-corrected chi connectivity index (χ1v) is 10.4. The number of nitrogen functional groups attached to an aromatic ring is 1. The molecular weight excluding hydrogens is 500 g/mol. The highest BCUT2D eigenvalue weighted by Gasteiger charge is 2.39. The van der Waals surface area contributed by atoms with Crippen molar-refractivity contribution in [2.45, 2.75) is 24.7 Å². The molecule has 1 atom stereocenters. The Balaban J connectivity index is 1.84. The van der Waals surface area contributed by atoms with Crippen molar-refractivity contribution in [2.24, 2.45) is 0 Å². The van der Waals surface area contributed by atoms with E-state index < -0.39 is 52.5 Å². The average Bonchev–Trinajstić information content (AvgIpc) is 2.79. The lowest BCUT2D eigenvalue weighted by molar-refractivity contribution is -0.140. The fourth-order valence-electron chi connectivity index (χ4n) is 4.04. The summed E-state index contributed by atoms with van der Waals surface area (Å²) in [7, 11) is 0. The van der Waals surface area contributed by atoms with Crippen LogP contribution >= 0.6 is 0 Å². The number of anilines is 2.